The molecular formula is C23H27FN4O2. The number of halogens is 1. The Balaban J connectivity index is 1.70. The summed E-state index contributed by atoms with van der Waals surface area (Å²) in [5, 5.41) is 13.9. The number of ether oxygens (including phenoxy) is 1. The lowest BCUT2D eigenvalue weighted by atomic mass is 9.83. The minimum absolute atomic E-state index is 0.220. The number of aliphatic hydroxyl groups excluding tert-OH is 1. The maximum atomic E-state index is 13.2. The fourth-order valence-corrected chi connectivity index (χ4v) is 3.86. The summed E-state index contributed by atoms with van der Waals surface area (Å²) in [6, 6.07) is 5.85. The molecule has 1 aromatic carbocycles. The number of anilines is 1. The van der Waals surface area contributed by atoms with Gasteiger partial charge in [-0.05, 0) is 62.3 Å². The molecule has 0 amide bonds. The first kappa shape index (κ1) is 20.5. The van der Waals surface area contributed by atoms with E-state index in [0.717, 1.165) is 61.5 Å². The van der Waals surface area contributed by atoms with Crippen LogP contribution in [0.4, 0.5) is 10.3 Å². The zero-order valence-corrected chi connectivity index (χ0v) is 17.1. The van der Waals surface area contributed by atoms with Crippen LogP contribution in [0.3, 0.4) is 0 Å². The van der Waals surface area contributed by atoms with E-state index in [2.05, 4.69) is 22.2 Å². The molecule has 0 unspecified atom stereocenters. The van der Waals surface area contributed by atoms with E-state index >= 15 is 0 Å². The fourth-order valence-electron chi connectivity index (χ4n) is 3.86. The number of benzene rings is 1. The minimum Gasteiger partial charge on any atom is -0.438 e. The van der Waals surface area contributed by atoms with Gasteiger partial charge in [-0.15, -0.1) is 0 Å². The summed E-state index contributed by atoms with van der Waals surface area (Å²) in [6.45, 7) is 2.96. The van der Waals surface area contributed by atoms with Crippen LogP contribution >= 0.6 is 0 Å². The average molecular weight is 410 g/mol. The van der Waals surface area contributed by atoms with Gasteiger partial charge in [0.2, 0.25) is 11.8 Å². The first-order chi connectivity index (χ1) is 14.6. The van der Waals surface area contributed by atoms with Crippen molar-refractivity contribution in [3.8, 4) is 11.6 Å². The molecule has 1 aliphatic rings. The molecule has 4 rings (SSSR count). The predicted molar refractivity (Wildman–Crippen MR) is 114 cm³/mol. The second kappa shape index (κ2) is 9.34. The van der Waals surface area contributed by atoms with Crippen LogP contribution in [-0.2, 0) is 0 Å². The van der Waals surface area contributed by atoms with Crippen molar-refractivity contribution in [3.63, 3.8) is 0 Å². The molecule has 0 radical (unpaired) electrons. The fraction of sp³-hybridized carbons (Fsp3) is 0.435. The normalized spacial score (nSPS) is 19.0. The Bertz CT molecular complexity index is 988. The summed E-state index contributed by atoms with van der Waals surface area (Å²) >= 11 is 0. The van der Waals surface area contributed by atoms with Gasteiger partial charge in [0.15, 0.2) is 0 Å². The van der Waals surface area contributed by atoms with E-state index in [1.165, 1.54) is 12.1 Å². The van der Waals surface area contributed by atoms with Crippen LogP contribution in [0.25, 0.3) is 10.9 Å². The molecule has 0 bridgehead atoms. The molecule has 0 atom stereocenters. The van der Waals surface area contributed by atoms with E-state index in [9.17, 15) is 9.50 Å². The van der Waals surface area contributed by atoms with Crippen LogP contribution in [0, 0.1) is 5.82 Å². The van der Waals surface area contributed by atoms with Crippen LogP contribution in [0.2, 0.25) is 0 Å². The molecule has 0 aliphatic heterocycles. The zero-order chi connectivity index (χ0) is 20.9. The Morgan fingerprint density at radius 1 is 1.10 bits per heavy atom. The van der Waals surface area contributed by atoms with E-state index < -0.39 is 0 Å². The van der Waals surface area contributed by atoms with Crippen LogP contribution in [0.5, 0.6) is 11.6 Å². The topological polar surface area (TPSA) is 80.2 Å². The molecule has 2 aromatic heterocycles. The van der Waals surface area contributed by atoms with Crippen molar-refractivity contribution in [2.75, 3.05) is 11.9 Å². The quantitative estimate of drug-likeness (QED) is 0.522. The second-order valence-corrected chi connectivity index (χ2v) is 7.82. The summed E-state index contributed by atoms with van der Waals surface area (Å²) in [7, 11) is 0. The van der Waals surface area contributed by atoms with Gasteiger partial charge < -0.3 is 15.2 Å². The Labute approximate surface area is 175 Å². The van der Waals surface area contributed by atoms with Gasteiger partial charge in [-0.2, -0.15) is 0 Å². The van der Waals surface area contributed by atoms with Gasteiger partial charge in [-0.3, -0.25) is 0 Å². The highest BCUT2D eigenvalue weighted by Crippen LogP contribution is 2.38. The van der Waals surface area contributed by atoms with E-state index in [4.69, 9.17) is 9.72 Å². The van der Waals surface area contributed by atoms with Crippen molar-refractivity contribution in [1.29, 1.82) is 0 Å². The van der Waals surface area contributed by atoms with E-state index in [-0.39, 0.29) is 11.9 Å². The lowest BCUT2D eigenvalue weighted by Crippen LogP contribution is -2.17. The largest absolute Gasteiger partial charge is 0.438 e. The minimum atomic E-state index is -0.318. The molecule has 1 saturated carbocycles. The van der Waals surface area contributed by atoms with Crippen molar-refractivity contribution in [2.45, 2.75) is 57.5 Å². The van der Waals surface area contributed by atoms with E-state index in [1.807, 2.05) is 6.20 Å². The third-order valence-electron chi connectivity index (χ3n) is 5.59. The van der Waals surface area contributed by atoms with Crippen molar-refractivity contribution in [3.05, 3.63) is 48.0 Å². The Morgan fingerprint density at radius 3 is 2.60 bits per heavy atom. The number of aromatic nitrogens is 3. The van der Waals surface area contributed by atoms with Gasteiger partial charge in [-0.1, -0.05) is 13.3 Å². The summed E-state index contributed by atoms with van der Waals surface area (Å²) in [4.78, 5) is 13.8. The highest BCUT2D eigenvalue weighted by atomic mass is 19.1. The summed E-state index contributed by atoms with van der Waals surface area (Å²) < 4.78 is 19.1. The Morgan fingerprint density at radius 2 is 1.87 bits per heavy atom. The second-order valence-electron chi connectivity index (χ2n) is 7.82. The van der Waals surface area contributed by atoms with Gasteiger partial charge in [-0.25, -0.2) is 19.3 Å². The van der Waals surface area contributed by atoms with Gasteiger partial charge in [0.05, 0.1) is 17.0 Å². The molecule has 6 nitrogen and oxygen atoms in total. The summed E-state index contributed by atoms with van der Waals surface area (Å²) in [5.41, 5.74) is 1.88. The lowest BCUT2D eigenvalue weighted by molar-refractivity contribution is 0.122. The standard InChI is InChI=1S/C23H27FN4O2/c1-2-3-12-25-23-27-14-20-21(28-23)19(15-4-8-17(29)9-5-15)13-26-22(20)30-18-10-6-16(24)7-11-18/h6-7,10-11,13-15,17,29H,2-5,8-9,12H2,1H3,(H,25,27,28). The molecule has 2 N–H and O–H groups in total. The van der Waals surface area contributed by atoms with E-state index in [0.29, 0.717) is 23.5 Å². The van der Waals surface area contributed by atoms with Crippen LogP contribution < -0.4 is 10.1 Å². The monoisotopic (exact) mass is 410 g/mol. The zero-order valence-electron chi connectivity index (χ0n) is 17.1. The maximum absolute atomic E-state index is 13.2. The molecule has 30 heavy (non-hydrogen) atoms. The average Bonchev–Trinajstić information content (AvgIpc) is 2.76. The van der Waals surface area contributed by atoms with Gasteiger partial charge in [0.25, 0.3) is 0 Å². The molecule has 1 aliphatic carbocycles. The third kappa shape index (κ3) is 4.67. The first-order valence-corrected chi connectivity index (χ1v) is 10.6. The predicted octanol–water partition coefficient (Wildman–Crippen LogP) is 5.19. The maximum Gasteiger partial charge on any atom is 0.230 e. The van der Waals surface area contributed by atoms with Crippen molar-refractivity contribution in [1.82, 2.24) is 15.0 Å². The molecule has 158 valence electrons. The van der Waals surface area contributed by atoms with Crippen LogP contribution in [0.15, 0.2) is 36.7 Å². The molecule has 2 heterocycles. The number of nitrogens with zero attached hydrogens (tertiary/aromatic N) is 3. The highest BCUT2D eigenvalue weighted by Gasteiger charge is 2.24. The SMILES string of the molecule is CCCCNc1ncc2c(Oc3ccc(F)cc3)ncc(C3CCC(O)CC3)c2n1. The number of nitrogens with one attached hydrogen (secondary N) is 1. The number of rotatable bonds is 7. The summed E-state index contributed by atoms with van der Waals surface area (Å²) in [6.07, 6.45) is 8.86. The van der Waals surface area contributed by atoms with Gasteiger partial charge in [0, 0.05) is 24.5 Å². The number of fused-ring (bicyclic) bond motifs is 1. The van der Waals surface area contributed by atoms with Crippen molar-refractivity contribution in [2.24, 2.45) is 0 Å². The number of aliphatic hydroxyl groups is 1. The first-order valence-electron chi connectivity index (χ1n) is 10.6. The molecule has 0 spiro atoms. The molecule has 3 aromatic rings. The Kier molecular flexibility index (Phi) is 6.38. The highest BCUT2D eigenvalue weighted by molar-refractivity contribution is 5.86. The molecule has 0 saturated heterocycles. The molecular weight excluding hydrogens is 383 g/mol. The number of unbranched alkanes of at least 4 members (excludes halogenated alkanes) is 1. The summed E-state index contributed by atoms with van der Waals surface area (Å²) in [5.74, 6) is 1.47. The smallest absolute Gasteiger partial charge is 0.230 e. The Hall–Kier alpha value is -2.80. The number of hydrogen-bond donors (Lipinski definition) is 2. The molecule has 1 fully saturated rings. The van der Waals surface area contributed by atoms with E-state index in [1.54, 1.807) is 18.3 Å². The van der Waals surface area contributed by atoms with Crippen LogP contribution in [-0.4, -0.2) is 32.7 Å². The van der Waals surface area contributed by atoms with Gasteiger partial charge in [0.1, 0.15) is 11.6 Å². The third-order valence-corrected chi connectivity index (χ3v) is 5.59. The number of pyridine rings is 1. The lowest BCUT2D eigenvalue weighted by Gasteiger charge is -2.26. The molecule has 7 heteroatoms. The van der Waals surface area contributed by atoms with Crippen molar-refractivity contribution < 1.29 is 14.2 Å². The van der Waals surface area contributed by atoms with Crippen LogP contribution in [0.1, 0.15) is 56.9 Å². The van der Waals surface area contributed by atoms with Crippen molar-refractivity contribution >= 4 is 16.9 Å². The van der Waals surface area contributed by atoms with Gasteiger partial charge >= 0.3 is 0 Å². The number of hydrogen-bond acceptors (Lipinski definition) is 6.